The first kappa shape index (κ1) is 13.4. The number of nitrogen functional groups attached to an aromatic ring is 1. The highest BCUT2D eigenvalue weighted by Gasteiger charge is 2.07. The Morgan fingerprint density at radius 3 is 2.63 bits per heavy atom. The zero-order valence-corrected chi connectivity index (χ0v) is 11.4. The fourth-order valence-electron chi connectivity index (χ4n) is 2.07. The number of hydrogen-bond donors (Lipinski definition) is 1. The van der Waals surface area contributed by atoms with Crippen LogP contribution in [0, 0.1) is 0 Å². The number of anilines is 2. The third kappa shape index (κ3) is 3.98. The van der Waals surface area contributed by atoms with E-state index in [-0.39, 0.29) is 0 Å². The molecule has 2 aromatic rings. The van der Waals surface area contributed by atoms with Gasteiger partial charge in [-0.2, -0.15) is 0 Å². The first-order valence-electron chi connectivity index (χ1n) is 6.80. The van der Waals surface area contributed by atoms with Gasteiger partial charge in [0.25, 0.3) is 0 Å². The van der Waals surface area contributed by atoms with Crippen LogP contribution in [-0.2, 0) is 6.54 Å². The number of nitrogens with zero attached hydrogens (tertiary/aromatic N) is 2. The first-order chi connectivity index (χ1) is 9.29. The molecule has 2 N–H and O–H groups in total. The van der Waals surface area contributed by atoms with E-state index in [4.69, 9.17) is 5.73 Å². The molecule has 3 nitrogen and oxygen atoms in total. The normalized spacial score (nSPS) is 10.4. The minimum atomic E-state index is 0.772. The quantitative estimate of drug-likeness (QED) is 0.859. The molecule has 0 aliphatic heterocycles. The van der Waals surface area contributed by atoms with Crippen molar-refractivity contribution >= 4 is 11.4 Å². The molecule has 1 aromatic heterocycles. The number of hydrogen-bond acceptors (Lipinski definition) is 3. The Balaban J connectivity index is 2.14. The molecule has 1 heterocycles. The number of para-hydroxylation sites is 1. The maximum absolute atomic E-state index is 5.81. The number of benzene rings is 1. The summed E-state index contributed by atoms with van der Waals surface area (Å²) in [5, 5.41) is 0. The molecule has 0 aliphatic carbocycles. The summed E-state index contributed by atoms with van der Waals surface area (Å²) in [7, 11) is 0. The first-order valence-corrected chi connectivity index (χ1v) is 6.80. The van der Waals surface area contributed by atoms with E-state index in [1.54, 1.807) is 6.20 Å². The Labute approximate surface area is 115 Å². The van der Waals surface area contributed by atoms with Crippen molar-refractivity contribution in [2.24, 2.45) is 0 Å². The summed E-state index contributed by atoms with van der Waals surface area (Å²) >= 11 is 0. The van der Waals surface area contributed by atoms with Crippen molar-refractivity contribution in [2.75, 3.05) is 17.2 Å². The highest BCUT2D eigenvalue weighted by Crippen LogP contribution is 2.17. The minimum absolute atomic E-state index is 0.772. The van der Waals surface area contributed by atoms with Gasteiger partial charge in [0.2, 0.25) is 0 Å². The molecule has 0 saturated carbocycles. The Kier molecular flexibility index (Phi) is 4.78. The Morgan fingerprint density at radius 1 is 1.16 bits per heavy atom. The largest absolute Gasteiger partial charge is 0.399 e. The van der Waals surface area contributed by atoms with E-state index < -0.39 is 0 Å². The van der Waals surface area contributed by atoms with Crippen LogP contribution in [0.25, 0.3) is 0 Å². The zero-order valence-electron chi connectivity index (χ0n) is 11.4. The molecule has 0 saturated heterocycles. The van der Waals surface area contributed by atoms with E-state index in [0.29, 0.717) is 0 Å². The summed E-state index contributed by atoms with van der Waals surface area (Å²) in [6, 6.07) is 14.2. The van der Waals surface area contributed by atoms with Crippen molar-refractivity contribution in [1.29, 1.82) is 0 Å². The molecule has 0 unspecified atom stereocenters. The summed E-state index contributed by atoms with van der Waals surface area (Å²) in [6.07, 6.45) is 4.14. The average molecular weight is 255 g/mol. The van der Waals surface area contributed by atoms with Gasteiger partial charge in [-0.3, -0.25) is 4.98 Å². The Bertz CT molecular complexity index is 496. The van der Waals surface area contributed by atoms with Gasteiger partial charge in [-0.05, 0) is 30.7 Å². The lowest BCUT2D eigenvalue weighted by molar-refractivity contribution is 0.708. The molecule has 0 spiro atoms. The van der Waals surface area contributed by atoms with Gasteiger partial charge in [-0.1, -0.05) is 31.5 Å². The Morgan fingerprint density at radius 2 is 1.95 bits per heavy atom. The fraction of sp³-hybridized carbons (Fsp3) is 0.312. The molecule has 1 aromatic carbocycles. The average Bonchev–Trinajstić information content (AvgIpc) is 2.44. The lowest BCUT2D eigenvalue weighted by atomic mass is 10.2. The monoisotopic (exact) mass is 255 g/mol. The number of nitrogens with two attached hydrogens (primary N) is 1. The summed E-state index contributed by atoms with van der Waals surface area (Å²) < 4.78 is 0. The maximum Gasteiger partial charge on any atom is 0.0617 e. The van der Waals surface area contributed by atoms with Crippen LogP contribution < -0.4 is 10.6 Å². The number of aromatic nitrogens is 1. The van der Waals surface area contributed by atoms with Gasteiger partial charge >= 0.3 is 0 Å². The molecule has 0 amide bonds. The van der Waals surface area contributed by atoms with Crippen LogP contribution >= 0.6 is 0 Å². The smallest absolute Gasteiger partial charge is 0.0617 e. The predicted molar refractivity (Wildman–Crippen MR) is 81.0 cm³/mol. The van der Waals surface area contributed by atoms with Gasteiger partial charge in [-0.15, -0.1) is 0 Å². The summed E-state index contributed by atoms with van der Waals surface area (Å²) in [5.41, 5.74) is 8.84. The van der Waals surface area contributed by atoms with Crippen LogP contribution in [0.2, 0.25) is 0 Å². The number of pyridine rings is 1. The standard InChI is InChI=1S/C16H21N3/c1-2-3-11-19(16-7-5-4-6-8-16)13-15-12-14(17)9-10-18-15/h4-10,12H,2-3,11,13H2,1H3,(H2,17,18). The van der Waals surface area contributed by atoms with E-state index in [2.05, 4.69) is 41.1 Å². The van der Waals surface area contributed by atoms with Gasteiger partial charge in [0.15, 0.2) is 0 Å². The van der Waals surface area contributed by atoms with E-state index in [1.807, 2.05) is 18.2 Å². The van der Waals surface area contributed by atoms with Crippen molar-refractivity contribution in [3.63, 3.8) is 0 Å². The summed E-state index contributed by atoms with van der Waals surface area (Å²) in [4.78, 5) is 6.74. The second kappa shape index (κ2) is 6.78. The number of unbranched alkanes of at least 4 members (excludes halogenated alkanes) is 1. The van der Waals surface area contributed by atoms with Crippen molar-refractivity contribution < 1.29 is 0 Å². The second-order valence-corrected chi connectivity index (χ2v) is 4.69. The Hall–Kier alpha value is -2.03. The maximum atomic E-state index is 5.81. The van der Waals surface area contributed by atoms with Crippen LogP contribution in [-0.4, -0.2) is 11.5 Å². The fourth-order valence-corrected chi connectivity index (χ4v) is 2.07. The van der Waals surface area contributed by atoms with Crippen molar-refractivity contribution in [3.05, 3.63) is 54.4 Å². The topological polar surface area (TPSA) is 42.1 Å². The molecule has 19 heavy (non-hydrogen) atoms. The highest BCUT2D eigenvalue weighted by atomic mass is 15.1. The molecule has 0 aliphatic rings. The molecular weight excluding hydrogens is 234 g/mol. The lowest BCUT2D eigenvalue weighted by Gasteiger charge is -2.24. The van der Waals surface area contributed by atoms with E-state index in [9.17, 15) is 0 Å². The molecule has 3 heteroatoms. The SMILES string of the molecule is CCCCN(Cc1cc(N)ccn1)c1ccccc1. The van der Waals surface area contributed by atoms with Gasteiger partial charge in [-0.25, -0.2) is 0 Å². The van der Waals surface area contributed by atoms with Crippen molar-refractivity contribution in [2.45, 2.75) is 26.3 Å². The minimum Gasteiger partial charge on any atom is -0.399 e. The van der Waals surface area contributed by atoms with Crippen molar-refractivity contribution in [1.82, 2.24) is 4.98 Å². The molecule has 2 rings (SSSR count). The number of rotatable bonds is 6. The van der Waals surface area contributed by atoms with E-state index in [1.165, 1.54) is 18.5 Å². The molecule has 0 radical (unpaired) electrons. The predicted octanol–water partition coefficient (Wildman–Crippen LogP) is 3.47. The van der Waals surface area contributed by atoms with Crippen LogP contribution in [0.4, 0.5) is 11.4 Å². The zero-order chi connectivity index (χ0) is 13.5. The highest BCUT2D eigenvalue weighted by molar-refractivity contribution is 5.47. The molecule has 0 bridgehead atoms. The van der Waals surface area contributed by atoms with Crippen molar-refractivity contribution in [3.8, 4) is 0 Å². The van der Waals surface area contributed by atoms with Crippen LogP contribution in [0.15, 0.2) is 48.7 Å². The van der Waals surface area contributed by atoms with Gasteiger partial charge in [0.05, 0.1) is 12.2 Å². The van der Waals surface area contributed by atoms with Gasteiger partial charge in [0, 0.05) is 24.1 Å². The van der Waals surface area contributed by atoms with Crippen LogP contribution in [0.1, 0.15) is 25.5 Å². The van der Waals surface area contributed by atoms with E-state index in [0.717, 1.165) is 24.5 Å². The van der Waals surface area contributed by atoms with Crippen LogP contribution in [0.5, 0.6) is 0 Å². The third-order valence-corrected chi connectivity index (χ3v) is 3.10. The summed E-state index contributed by atoms with van der Waals surface area (Å²) in [6.45, 7) is 4.05. The molecule has 100 valence electrons. The van der Waals surface area contributed by atoms with Gasteiger partial charge in [0.1, 0.15) is 0 Å². The third-order valence-electron chi connectivity index (χ3n) is 3.10. The van der Waals surface area contributed by atoms with Crippen LogP contribution in [0.3, 0.4) is 0 Å². The summed E-state index contributed by atoms with van der Waals surface area (Å²) in [5.74, 6) is 0. The molecule has 0 atom stereocenters. The van der Waals surface area contributed by atoms with E-state index >= 15 is 0 Å². The van der Waals surface area contributed by atoms with Gasteiger partial charge < -0.3 is 10.6 Å². The molecular formula is C16H21N3. The molecule has 0 fully saturated rings. The second-order valence-electron chi connectivity index (χ2n) is 4.69. The lowest BCUT2D eigenvalue weighted by Crippen LogP contribution is -2.24.